The van der Waals surface area contributed by atoms with Crippen LogP contribution in [0.2, 0.25) is 0 Å². The molecule has 1 fully saturated rings. The van der Waals surface area contributed by atoms with Crippen LogP contribution in [0, 0.1) is 0 Å². The summed E-state index contributed by atoms with van der Waals surface area (Å²) in [5.41, 5.74) is 2.31. The molecular formula is C15H20BrN3O3. The number of rotatable bonds is 4. The molecule has 1 aliphatic rings. The zero-order valence-electron chi connectivity index (χ0n) is 12.8. The van der Waals surface area contributed by atoms with E-state index in [4.69, 9.17) is 9.15 Å². The van der Waals surface area contributed by atoms with Crippen molar-refractivity contribution in [3.8, 4) is 0 Å². The Hall–Kier alpha value is -1.31. The number of fused-ring (bicyclic) bond motifs is 1. The smallest absolute Gasteiger partial charge is 0.270 e. The largest absolute Gasteiger partial charge is 0.448 e. The van der Waals surface area contributed by atoms with Gasteiger partial charge < -0.3 is 23.5 Å². The Kier molecular flexibility index (Phi) is 4.56. The van der Waals surface area contributed by atoms with Crippen molar-refractivity contribution in [2.45, 2.75) is 6.54 Å². The van der Waals surface area contributed by atoms with E-state index in [0.29, 0.717) is 23.5 Å². The molecule has 0 atom stereocenters. The standard InChI is InChI=1S/C15H20BrN3O3/c1-17-3-5-18(6-4-17)15(20)12-9-13-11(10-14(16)22-13)19(12)7-8-21-2/h9-10H,3-8H2,1-2H3. The number of methoxy groups -OCH3 is 1. The van der Waals surface area contributed by atoms with Gasteiger partial charge in [-0.1, -0.05) is 0 Å². The molecule has 1 amide bonds. The number of furan rings is 1. The molecule has 0 saturated carbocycles. The second-order valence-corrected chi connectivity index (χ2v) is 6.35. The predicted molar refractivity (Wildman–Crippen MR) is 87.2 cm³/mol. The van der Waals surface area contributed by atoms with E-state index in [0.717, 1.165) is 37.3 Å². The van der Waals surface area contributed by atoms with Gasteiger partial charge in [-0.25, -0.2) is 0 Å². The fourth-order valence-corrected chi connectivity index (χ4v) is 3.18. The molecule has 1 saturated heterocycles. The second kappa shape index (κ2) is 6.44. The number of carbonyl (C=O) groups is 1. The molecule has 22 heavy (non-hydrogen) atoms. The number of carbonyl (C=O) groups excluding carboxylic acids is 1. The maximum atomic E-state index is 12.8. The third kappa shape index (κ3) is 2.93. The van der Waals surface area contributed by atoms with Crippen LogP contribution in [0.3, 0.4) is 0 Å². The zero-order chi connectivity index (χ0) is 15.7. The van der Waals surface area contributed by atoms with Gasteiger partial charge in [-0.2, -0.15) is 0 Å². The number of nitrogens with zero attached hydrogens (tertiary/aromatic N) is 3. The van der Waals surface area contributed by atoms with E-state index in [9.17, 15) is 4.79 Å². The number of ether oxygens (including phenoxy) is 1. The zero-order valence-corrected chi connectivity index (χ0v) is 14.4. The van der Waals surface area contributed by atoms with Gasteiger partial charge >= 0.3 is 0 Å². The molecule has 1 aliphatic heterocycles. The lowest BCUT2D eigenvalue weighted by molar-refractivity contribution is 0.0651. The van der Waals surface area contributed by atoms with Gasteiger partial charge in [0.25, 0.3) is 5.91 Å². The fourth-order valence-electron chi connectivity index (χ4n) is 2.78. The first-order valence-corrected chi connectivity index (χ1v) is 8.15. The average Bonchev–Trinajstić information content (AvgIpc) is 3.01. The van der Waals surface area contributed by atoms with Crippen molar-refractivity contribution >= 4 is 32.9 Å². The molecule has 0 spiro atoms. The number of halogens is 1. The summed E-state index contributed by atoms with van der Waals surface area (Å²) < 4.78 is 13.4. The quantitative estimate of drug-likeness (QED) is 0.827. The number of piperazine rings is 1. The summed E-state index contributed by atoms with van der Waals surface area (Å²) in [6.45, 7) is 4.51. The topological polar surface area (TPSA) is 50.9 Å². The molecule has 0 bridgehead atoms. The Bertz CT molecular complexity index is 671. The molecular weight excluding hydrogens is 350 g/mol. The molecule has 3 heterocycles. The highest BCUT2D eigenvalue weighted by Crippen LogP contribution is 2.27. The normalized spacial score (nSPS) is 16.6. The monoisotopic (exact) mass is 369 g/mol. The second-order valence-electron chi connectivity index (χ2n) is 5.57. The minimum Gasteiger partial charge on any atom is -0.448 e. The summed E-state index contributed by atoms with van der Waals surface area (Å²) in [5, 5.41) is 0. The van der Waals surface area contributed by atoms with Gasteiger partial charge in [-0.05, 0) is 23.0 Å². The van der Waals surface area contributed by atoms with Crippen LogP contribution < -0.4 is 0 Å². The summed E-state index contributed by atoms with van der Waals surface area (Å²) in [5.74, 6) is 0.0618. The summed E-state index contributed by atoms with van der Waals surface area (Å²) in [4.78, 5) is 17.0. The molecule has 0 aliphatic carbocycles. The Labute approximate surface area is 137 Å². The summed E-state index contributed by atoms with van der Waals surface area (Å²) in [6.07, 6.45) is 0. The van der Waals surface area contributed by atoms with E-state index in [-0.39, 0.29) is 5.91 Å². The van der Waals surface area contributed by atoms with E-state index in [1.165, 1.54) is 0 Å². The van der Waals surface area contributed by atoms with Crippen molar-refractivity contribution in [2.24, 2.45) is 0 Å². The van der Waals surface area contributed by atoms with Gasteiger partial charge in [-0.3, -0.25) is 4.79 Å². The van der Waals surface area contributed by atoms with Crippen LogP contribution in [0.4, 0.5) is 0 Å². The van der Waals surface area contributed by atoms with Crippen LogP contribution in [0.25, 0.3) is 11.1 Å². The molecule has 0 unspecified atom stereocenters. The Morgan fingerprint density at radius 2 is 2.05 bits per heavy atom. The van der Waals surface area contributed by atoms with Crippen molar-refractivity contribution in [2.75, 3.05) is 46.9 Å². The number of hydrogen-bond acceptors (Lipinski definition) is 4. The highest BCUT2D eigenvalue weighted by Gasteiger charge is 2.25. The first-order chi connectivity index (χ1) is 10.6. The predicted octanol–water partition coefficient (Wildman–Crippen LogP) is 2.03. The molecule has 0 aromatic carbocycles. The molecule has 0 radical (unpaired) electrons. The lowest BCUT2D eigenvalue weighted by Gasteiger charge is -2.32. The molecule has 3 rings (SSSR count). The first-order valence-electron chi connectivity index (χ1n) is 7.35. The lowest BCUT2D eigenvalue weighted by atomic mass is 10.3. The van der Waals surface area contributed by atoms with Crippen LogP contribution in [0.15, 0.2) is 21.2 Å². The number of amides is 1. The van der Waals surface area contributed by atoms with Gasteiger partial charge in [0.05, 0.1) is 12.1 Å². The first kappa shape index (κ1) is 15.6. The molecule has 0 N–H and O–H groups in total. The fraction of sp³-hybridized carbons (Fsp3) is 0.533. The number of likely N-dealkylation sites (N-methyl/N-ethyl adjacent to an activating group) is 1. The van der Waals surface area contributed by atoms with Gasteiger partial charge in [-0.15, -0.1) is 0 Å². The van der Waals surface area contributed by atoms with Crippen LogP contribution in [0.5, 0.6) is 0 Å². The summed E-state index contributed by atoms with van der Waals surface area (Å²) in [6, 6.07) is 3.72. The van der Waals surface area contributed by atoms with Crippen molar-refractivity contribution in [1.29, 1.82) is 0 Å². The molecule has 6 nitrogen and oxygen atoms in total. The molecule has 120 valence electrons. The third-order valence-electron chi connectivity index (χ3n) is 4.09. The highest BCUT2D eigenvalue weighted by molar-refractivity contribution is 9.10. The van der Waals surface area contributed by atoms with E-state index >= 15 is 0 Å². The van der Waals surface area contributed by atoms with E-state index < -0.39 is 0 Å². The molecule has 7 heteroatoms. The van der Waals surface area contributed by atoms with Gasteiger partial charge in [0.1, 0.15) is 5.69 Å². The maximum Gasteiger partial charge on any atom is 0.270 e. The molecule has 2 aromatic heterocycles. The lowest BCUT2D eigenvalue weighted by Crippen LogP contribution is -2.47. The van der Waals surface area contributed by atoms with Gasteiger partial charge in [0, 0.05) is 52.0 Å². The minimum absolute atomic E-state index is 0.0618. The summed E-state index contributed by atoms with van der Waals surface area (Å²) >= 11 is 3.34. The van der Waals surface area contributed by atoms with Crippen LogP contribution in [-0.4, -0.2) is 67.2 Å². The highest BCUT2D eigenvalue weighted by atomic mass is 79.9. The van der Waals surface area contributed by atoms with E-state index in [1.807, 2.05) is 21.6 Å². The van der Waals surface area contributed by atoms with Crippen molar-refractivity contribution in [3.63, 3.8) is 0 Å². The Morgan fingerprint density at radius 1 is 1.32 bits per heavy atom. The minimum atomic E-state index is 0.0618. The van der Waals surface area contributed by atoms with Crippen molar-refractivity contribution < 1.29 is 13.9 Å². The maximum absolute atomic E-state index is 12.8. The van der Waals surface area contributed by atoms with Gasteiger partial charge in [0.2, 0.25) is 0 Å². The average molecular weight is 370 g/mol. The van der Waals surface area contributed by atoms with Gasteiger partial charge in [0.15, 0.2) is 10.3 Å². The third-order valence-corrected chi connectivity index (χ3v) is 4.48. The van der Waals surface area contributed by atoms with E-state index in [2.05, 4.69) is 27.9 Å². The molecule has 2 aromatic rings. The van der Waals surface area contributed by atoms with Crippen LogP contribution in [0.1, 0.15) is 10.5 Å². The Morgan fingerprint density at radius 3 is 2.73 bits per heavy atom. The SMILES string of the molecule is COCCn1c(C(=O)N2CCN(C)CC2)cc2oc(Br)cc21. The van der Waals surface area contributed by atoms with Crippen LogP contribution >= 0.6 is 15.9 Å². The summed E-state index contributed by atoms with van der Waals surface area (Å²) in [7, 11) is 3.74. The van der Waals surface area contributed by atoms with Crippen molar-refractivity contribution in [3.05, 3.63) is 22.5 Å². The Balaban J connectivity index is 1.91. The number of hydrogen-bond donors (Lipinski definition) is 0. The van der Waals surface area contributed by atoms with Crippen molar-refractivity contribution in [1.82, 2.24) is 14.4 Å². The number of aromatic nitrogens is 1. The van der Waals surface area contributed by atoms with E-state index in [1.54, 1.807) is 7.11 Å². The van der Waals surface area contributed by atoms with Crippen LogP contribution in [-0.2, 0) is 11.3 Å².